The molecule has 3 aliphatic heterocycles. The second-order valence-corrected chi connectivity index (χ2v) is 6.86. The van der Waals surface area contributed by atoms with E-state index in [1.807, 2.05) is 9.80 Å². The summed E-state index contributed by atoms with van der Waals surface area (Å²) in [6.07, 6.45) is 5.82. The Bertz CT molecular complexity index is 409. The average molecular weight is 323 g/mol. The molecule has 6 heteroatoms. The number of nitrogens with zero attached hydrogens (tertiary/aromatic N) is 3. The summed E-state index contributed by atoms with van der Waals surface area (Å²) in [6, 6.07) is 0. The Balaban J connectivity index is 1.35. The van der Waals surface area contributed by atoms with Gasteiger partial charge in [0.1, 0.15) is 6.10 Å². The highest BCUT2D eigenvalue weighted by Gasteiger charge is 2.30. The lowest BCUT2D eigenvalue weighted by Crippen LogP contribution is -2.51. The number of hydrogen-bond acceptors (Lipinski definition) is 4. The van der Waals surface area contributed by atoms with Gasteiger partial charge in [-0.3, -0.25) is 14.5 Å². The number of piperidine rings is 1. The van der Waals surface area contributed by atoms with Crippen molar-refractivity contribution in [2.45, 2.75) is 44.6 Å². The van der Waals surface area contributed by atoms with Crippen LogP contribution in [-0.4, -0.2) is 85.0 Å². The molecule has 0 spiro atoms. The largest absolute Gasteiger partial charge is 0.368 e. The standard InChI is InChI=1S/C17H29N3O3/c21-16(19-7-2-1-3-8-19)6-9-18-10-12-20(13-11-18)17(22)15-5-4-14-23-15/h15H,1-14H2. The van der Waals surface area contributed by atoms with Crippen LogP contribution in [0.4, 0.5) is 0 Å². The monoisotopic (exact) mass is 323 g/mol. The zero-order valence-electron chi connectivity index (χ0n) is 14.0. The Kier molecular flexibility index (Phi) is 5.89. The van der Waals surface area contributed by atoms with Gasteiger partial charge in [-0.15, -0.1) is 0 Å². The lowest BCUT2D eigenvalue weighted by Gasteiger charge is -2.36. The van der Waals surface area contributed by atoms with E-state index in [0.717, 1.165) is 78.1 Å². The van der Waals surface area contributed by atoms with Crippen LogP contribution in [0.15, 0.2) is 0 Å². The number of amides is 2. The highest BCUT2D eigenvalue weighted by Crippen LogP contribution is 2.16. The van der Waals surface area contributed by atoms with Gasteiger partial charge in [0.05, 0.1) is 0 Å². The van der Waals surface area contributed by atoms with Crippen molar-refractivity contribution in [1.29, 1.82) is 0 Å². The maximum atomic E-state index is 12.3. The molecule has 2 amide bonds. The van der Waals surface area contributed by atoms with Crippen LogP contribution in [0.1, 0.15) is 38.5 Å². The zero-order chi connectivity index (χ0) is 16.1. The molecule has 0 N–H and O–H groups in total. The van der Waals surface area contributed by atoms with Crippen LogP contribution in [0.3, 0.4) is 0 Å². The zero-order valence-corrected chi connectivity index (χ0v) is 14.0. The maximum Gasteiger partial charge on any atom is 0.251 e. The minimum absolute atomic E-state index is 0.159. The average Bonchev–Trinajstić information content (AvgIpc) is 3.15. The van der Waals surface area contributed by atoms with Crippen LogP contribution in [-0.2, 0) is 14.3 Å². The summed E-state index contributed by atoms with van der Waals surface area (Å²) in [4.78, 5) is 30.8. The first-order valence-corrected chi connectivity index (χ1v) is 9.14. The van der Waals surface area contributed by atoms with Crippen molar-refractivity contribution in [2.24, 2.45) is 0 Å². The summed E-state index contributed by atoms with van der Waals surface area (Å²) in [5, 5.41) is 0. The molecule has 23 heavy (non-hydrogen) atoms. The third-order valence-electron chi connectivity index (χ3n) is 5.24. The second-order valence-electron chi connectivity index (χ2n) is 6.86. The van der Waals surface area contributed by atoms with Gasteiger partial charge in [0.2, 0.25) is 5.91 Å². The van der Waals surface area contributed by atoms with Gasteiger partial charge in [-0.1, -0.05) is 0 Å². The van der Waals surface area contributed by atoms with Crippen LogP contribution in [0.5, 0.6) is 0 Å². The summed E-state index contributed by atoms with van der Waals surface area (Å²) in [5.74, 6) is 0.453. The minimum atomic E-state index is -0.206. The fourth-order valence-corrected chi connectivity index (χ4v) is 3.72. The van der Waals surface area contributed by atoms with E-state index in [-0.39, 0.29) is 12.0 Å². The molecule has 0 radical (unpaired) electrons. The van der Waals surface area contributed by atoms with Crippen LogP contribution >= 0.6 is 0 Å². The first kappa shape index (κ1) is 16.7. The Morgan fingerprint density at radius 3 is 2.26 bits per heavy atom. The Labute approximate surface area is 138 Å². The van der Waals surface area contributed by atoms with Crippen molar-refractivity contribution in [3.8, 4) is 0 Å². The van der Waals surface area contributed by atoms with Crippen LogP contribution in [0, 0.1) is 0 Å². The molecule has 3 fully saturated rings. The molecule has 6 nitrogen and oxygen atoms in total. The van der Waals surface area contributed by atoms with Crippen LogP contribution in [0.25, 0.3) is 0 Å². The molecule has 0 aromatic rings. The third kappa shape index (κ3) is 4.44. The highest BCUT2D eigenvalue weighted by atomic mass is 16.5. The third-order valence-corrected chi connectivity index (χ3v) is 5.24. The Morgan fingerprint density at radius 2 is 1.61 bits per heavy atom. The summed E-state index contributed by atoms with van der Waals surface area (Å²) in [6.45, 7) is 6.65. The van der Waals surface area contributed by atoms with Crippen molar-refractivity contribution >= 4 is 11.8 Å². The SMILES string of the molecule is O=C(CCN1CCN(C(=O)C2CCCO2)CC1)N1CCCCC1. The van der Waals surface area contributed by atoms with Gasteiger partial charge in [0.25, 0.3) is 5.91 Å². The first-order valence-electron chi connectivity index (χ1n) is 9.14. The van der Waals surface area contributed by atoms with E-state index >= 15 is 0 Å². The molecule has 3 rings (SSSR count). The predicted molar refractivity (Wildman–Crippen MR) is 87.0 cm³/mol. The van der Waals surface area contributed by atoms with Crippen molar-refractivity contribution in [2.75, 3.05) is 52.4 Å². The van der Waals surface area contributed by atoms with E-state index in [2.05, 4.69) is 4.90 Å². The molecule has 0 aromatic heterocycles. The molecular formula is C17H29N3O3. The van der Waals surface area contributed by atoms with E-state index in [1.54, 1.807) is 0 Å². The quantitative estimate of drug-likeness (QED) is 0.765. The molecule has 0 bridgehead atoms. The Morgan fingerprint density at radius 1 is 0.870 bits per heavy atom. The van der Waals surface area contributed by atoms with Gasteiger partial charge in [0, 0.05) is 58.8 Å². The van der Waals surface area contributed by atoms with Crippen LogP contribution < -0.4 is 0 Å². The molecule has 130 valence electrons. The fourth-order valence-electron chi connectivity index (χ4n) is 3.72. The van der Waals surface area contributed by atoms with E-state index in [0.29, 0.717) is 12.3 Å². The maximum absolute atomic E-state index is 12.3. The van der Waals surface area contributed by atoms with Crippen molar-refractivity contribution in [3.63, 3.8) is 0 Å². The van der Waals surface area contributed by atoms with E-state index < -0.39 is 0 Å². The van der Waals surface area contributed by atoms with E-state index in [4.69, 9.17) is 4.74 Å². The second kappa shape index (κ2) is 8.11. The summed E-state index contributed by atoms with van der Waals surface area (Å²) < 4.78 is 5.49. The molecule has 0 aromatic carbocycles. The van der Waals surface area contributed by atoms with E-state index in [9.17, 15) is 9.59 Å². The molecular weight excluding hydrogens is 294 g/mol. The summed E-state index contributed by atoms with van der Waals surface area (Å²) in [7, 11) is 0. The van der Waals surface area contributed by atoms with Crippen molar-refractivity contribution in [3.05, 3.63) is 0 Å². The number of carbonyl (C=O) groups is 2. The topological polar surface area (TPSA) is 53.1 Å². The molecule has 1 atom stereocenters. The predicted octanol–water partition coefficient (Wildman–Crippen LogP) is 0.712. The molecule has 0 saturated carbocycles. The molecule has 3 aliphatic rings. The Hall–Kier alpha value is -1.14. The number of carbonyl (C=O) groups excluding carboxylic acids is 2. The minimum Gasteiger partial charge on any atom is -0.368 e. The van der Waals surface area contributed by atoms with Gasteiger partial charge in [-0.05, 0) is 32.1 Å². The highest BCUT2D eigenvalue weighted by molar-refractivity contribution is 5.81. The van der Waals surface area contributed by atoms with Crippen molar-refractivity contribution in [1.82, 2.24) is 14.7 Å². The summed E-state index contributed by atoms with van der Waals surface area (Å²) in [5.41, 5.74) is 0. The number of likely N-dealkylation sites (tertiary alicyclic amines) is 1. The number of piperazine rings is 1. The normalized spacial score (nSPS) is 26.5. The first-order chi connectivity index (χ1) is 11.2. The summed E-state index contributed by atoms with van der Waals surface area (Å²) >= 11 is 0. The lowest BCUT2D eigenvalue weighted by molar-refractivity contribution is -0.143. The van der Waals surface area contributed by atoms with Gasteiger partial charge in [-0.25, -0.2) is 0 Å². The number of hydrogen-bond donors (Lipinski definition) is 0. The van der Waals surface area contributed by atoms with Crippen LogP contribution in [0.2, 0.25) is 0 Å². The number of rotatable bonds is 4. The molecule has 3 saturated heterocycles. The van der Waals surface area contributed by atoms with Gasteiger partial charge >= 0.3 is 0 Å². The molecule has 3 heterocycles. The molecule has 1 unspecified atom stereocenters. The van der Waals surface area contributed by atoms with Gasteiger partial charge in [-0.2, -0.15) is 0 Å². The molecule has 0 aliphatic carbocycles. The van der Waals surface area contributed by atoms with Gasteiger partial charge in [0.15, 0.2) is 0 Å². The van der Waals surface area contributed by atoms with Crippen molar-refractivity contribution < 1.29 is 14.3 Å². The van der Waals surface area contributed by atoms with E-state index in [1.165, 1.54) is 6.42 Å². The van der Waals surface area contributed by atoms with Gasteiger partial charge < -0.3 is 14.5 Å². The smallest absolute Gasteiger partial charge is 0.251 e. The fraction of sp³-hybridized carbons (Fsp3) is 0.882. The lowest BCUT2D eigenvalue weighted by atomic mass is 10.1. The number of ether oxygens (including phenoxy) is 1.